The Labute approximate surface area is 115 Å². The first-order chi connectivity index (χ1) is 8.56. The highest BCUT2D eigenvalue weighted by atomic mass is 79.9. The van der Waals surface area contributed by atoms with Crippen LogP contribution >= 0.6 is 15.9 Å². The molecule has 2 unspecified atom stereocenters. The van der Waals surface area contributed by atoms with E-state index >= 15 is 0 Å². The first kappa shape index (κ1) is 13.3. The van der Waals surface area contributed by atoms with Gasteiger partial charge in [-0.1, -0.05) is 13.3 Å². The minimum absolute atomic E-state index is 0.138. The number of carbonyl (C=O) groups excluding carboxylic acids is 1. The standard InChI is InChI=1S/C13H18BrN3O/c1-8-2-3-9(4-8)6-17-13(18)11-5-10(14)7-16-12(11)15/h5,7-9H,2-4,6H2,1H3,(H2,15,16)(H,17,18). The number of nitrogens with two attached hydrogens (primary N) is 1. The van der Waals surface area contributed by atoms with Gasteiger partial charge in [-0.3, -0.25) is 4.79 Å². The Morgan fingerprint density at radius 1 is 1.61 bits per heavy atom. The summed E-state index contributed by atoms with van der Waals surface area (Å²) in [4.78, 5) is 16.0. The summed E-state index contributed by atoms with van der Waals surface area (Å²) in [5, 5.41) is 2.95. The second kappa shape index (κ2) is 5.69. The SMILES string of the molecule is CC1CCC(CNC(=O)c2cc(Br)cnc2N)C1. The third-order valence-electron chi connectivity index (χ3n) is 3.48. The Hall–Kier alpha value is -1.10. The number of aromatic nitrogens is 1. The first-order valence-corrected chi connectivity index (χ1v) is 7.04. The predicted octanol–water partition coefficient (Wildman–Crippen LogP) is 2.59. The summed E-state index contributed by atoms with van der Waals surface area (Å²) in [6.07, 6.45) is 5.26. The van der Waals surface area contributed by atoms with Gasteiger partial charge >= 0.3 is 0 Å². The number of hydrogen-bond acceptors (Lipinski definition) is 3. The van der Waals surface area contributed by atoms with E-state index in [9.17, 15) is 4.79 Å². The number of halogens is 1. The lowest BCUT2D eigenvalue weighted by Crippen LogP contribution is -2.29. The number of pyridine rings is 1. The molecule has 2 atom stereocenters. The van der Waals surface area contributed by atoms with Gasteiger partial charge in [-0.2, -0.15) is 0 Å². The molecule has 4 nitrogen and oxygen atoms in total. The highest BCUT2D eigenvalue weighted by Crippen LogP contribution is 2.29. The Morgan fingerprint density at radius 2 is 2.39 bits per heavy atom. The molecule has 0 spiro atoms. The maximum Gasteiger partial charge on any atom is 0.255 e. The molecule has 1 aliphatic rings. The number of carbonyl (C=O) groups is 1. The van der Waals surface area contributed by atoms with Gasteiger partial charge in [0.1, 0.15) is 5.82 Å². The Morgan fingerprint density at radius 3 is 3.06 bits per heavy atom. The van der Waals surface area contributed by atoms with Crippen molar-refractivity contribution in [1.29, 1.82) is 0 Å². The minimum Gasteiger partial charge on any atom is -0.383 e. The van der Waals surface area contributed by atoms with Gasteiger partial charge in [0.15, 0.2) is 0 Å². The van der Waals surface area contributed by atoms with E-state index in [0.717, 1.165) is 16.9 Å². The van der Waals surface area contributed by atoms with E-state index in [0.29, 0.717) is 11.5 Å². The number of hydrogen-bond donors (Lipinski definition) is 2. The van der Waals surface area contributed by atoms with Gasteiger partial charge in [0.2, 0.25) is 0 Å². The Bertz CT molecular complexity index is 450. The van der Waals surface area contributed by atoms with Gasteiger partial charge in [-0.15, -0.1) is 0 Å². The van der Waals surface area contributed by atoms with Crippen LogP contribution in [-0.2, 0) is 0 Å². The second-order valence-electron chi connectivity index (χ2n) is 5.08. The van der Waals surface area contributed by atoms with Crippen molar-refractivity contribution in [3.63, 3.8) is 0 Å². The van der Waals surface area contributed by atoms with E-state index in [4.69, 9.17) is 5.73 Å². The van der Waals surface area contributed by atoms with Crippen LogP contribution in [-0.4, -0.2) is 17.4 Å². The van der Waals surface area contributed by atoms with Gasteiger partial charge in [-0.25, -0.2) is 4.98 Å². The van der Waals surface area contributed by atoms with E-state index in [2.05, 4.69) is 33.2 Å². The normalized spacial score (nSPS) is 23.0. The largest absolute Gasteiger partial charge is 0.383 e. The van der Waals surface area contributed by atoms with Crippen molar-refractivity contribution in [2.24, 2.45) is 11.8 Å². The molecule has 0 radical (unpaired) electrons. The fraction of sp³-hybridized carbons (Fsp3) is 0.538. The van der Waals surface area contributed by atoms with Gasteiger partial charge in [-0.05, 0) is 46.7 Å². The predicted molar refractivity (Wildman–Crippen MR) is 75.2 cm³/mol. The van der Waals surface area contributed by atoms with Crippen molar-refractivity contribution in [1.82, 2.24) is 10.3 Å². The summed E-state index contributed by atoms with van der Waals surface area (Å²) < 4.78 is 0.760. The van der Waals surface area contributed by atoms with Crippen LogP contribution in [0.5, 0.6) is 0 Å². The molecule has 0 bridgehead atoms. The maximum atomic E-state index is 12.0. The van der Waals surface area contributed by atoms with Gasteiger partial charge in [0.25, 0.3) is 5.91 Å². The van der Waals surface area contributed by atoms with Crippen LogP contribution in [0.3, 0.4) is 0 Å². The number of nitrogen functional groups attached to an aromatic ring is 1. The van der Waals surface area contributed by atoms with Crippen LogP contribution in [0.4, 0.5) is 5.82 Å². The summed E-state index contributed by atoms with van der Waals surface area (Å²) in [5.74, 6) is 1.52. The first-order valence-electron chi connectivity index (χ1n) is 6.25. The lowest BCUT2D eigenvalue weighted by molar-refractivity contribution is 0.0947. The van der Waals surface area contributed by atoms with Crippen molar-refractivity contribution >= 4 is 27.7 Å². The zero-order valence-electron chi connectivity index (χ0n) is 10.4. The number of nitrogens with zero attached hydrogens (tertiary/aromatic N) is 1. The molecule has 1 heterocycles. The third kappa shape index (κ3) is 3.22. The zero-order valence-corrected chi connectivity index (χ0v) is 12.0. The van der Waals surface area contributed by atoms with Crippen molar-refractivity contribution in [3.05, 3.63) is 22.3 Å². The fourth-order valence-corrected chi connectivity index (χ4v) is 2.81. The molecular formula is C13H18BrN3O. The Balaban J connectivity index is 1.93. The molecule has 1 aromatic heterocycles. The molecule has 2 rings (SSSR count). The monoisotopic (exact) mass is 311 g/mol. The van der Waals surface area contributed by atoms with E-state index in [1.54, 1.807) is 12.3 Å². The molecule has 0 aromatic carbocycles. The summed E-state index contributed by atoms with van der Waals surface area (Å²) in [5.41, 5.74) is 6.14. The molecule has 98 valence electrons. The minimum atomic E-state index is -0.138. The average molecular weight is 312 g/mol. The van der Waals surface area contributed by atoms with E-state index in [1.807, 2.05) is 0 Å². The molecular weight excluding hydrogens is 294 g/mol. The topological polar surface area (TPSA) is 68.0 Å². The highest BCUT2D eigenvalue weighted by Gasteiger charge is 2.22. The van der Waals surface area contributed by atoms with Crippen LogP contribution in [0.1, 0.15) is 36.5 Å². The van der Waals surface area contributed by atoms with Crippen LogP contribution < -0.4 is 11.1 Å². The molecule has 3 N–H and O–H groups in total. The summed E-state index contributed by atoms with van der Waals surface area (Å²) in [7, 11) is 0. The van der Waals surface area contributed by atoms with Crippen molar-refractivity contribution < 1.29 is 4.79 Å². The smallest absolute Gasteiger partial charge is 0.255 e. The fourth-order valence-electron chi connectivity index (χ4n) is 2.47. The second-order valence-corrected chi connectivity index (χ2v) is 6.00. The molecule has 1 aliphatic carbocycles. The van der Waals surface area contributed by atoms with E-state index < -0.39 is 0 Å². The Kier molecular flexibility index (Phi) is 4.22. The molecule has 5 heteroatoms. The van der Waals surface area contributed by atoms with Crippen molar-refractivity contribution in [3.8, 4) is 0 Å². The third-order valence-corrected chi connectivity index (χ3v) is 3.92. The van der Waals surface area contributed by atoms with Gasteiger partial charge in [0.05, 0.1) is 5.56 Å². The van der Waals surface area contributed by atoms with Crippen LogP contribution in [0.15, 0.2) is 16.7 Å². The highest BCUT2D eigenvalue weighted by molar-refractivity contribution is 9.10. The quantitative estimate of drug-likeness (QED) is 0.901. The summed E-state index contributed by atoms with van der Waals surface area (Å²) in [6, 6.07) is 1.70. The molecule has 1 amide bonds. The van der Waals surface area contributed by atoms with Crippen LogP contribution in [0.25, 0.3) is 0 Å². The van der Waals surface area contributed by atoms with Crippen molar-refractivity contribution in [2.75, 3.05) is 12.3 Å². The summed E-state index contributed by atoms with van der Waals surface area (Å²) in [6.45, 7) is 2.99. The molecule has 0 aliphatic heterocycles. The van der Waals surface area contributed by atoms with Crippen LogP contribution in [0, 0.1) is 11.8 Å². The average Bonchev–Trinajstić information content (AvgIpc) is 2.75. The van der Waals surface area contributed by atoms with Gasteiger partial charge in [0, 0.05) is 17.2 Å². The molecule has 18 heavy (non-hydrogen) atoms. The van der Waals surface area contributed by atoms with Crippen LogP contribution in [0.2, 0.25) is 0 Å². The van der Waals surface area contributed by atoms with E-state index in [1.165, 1.54) is 19.3 Å². The van der Waals surface area contributed by atoms with Crippen molar-refractivity contribution in [2.45, 2.75) is 26.2 Å². The van der Waals surface area contributed by atoms with Gasteiger partial charge < -0.3 is 11.1 Å². The lowest BCUT2D eigenvalue weighted by atomic mass is 10.1. The molecule has 0 saturated heterocycles. The zero-order chi connectivity index (χ0) is 13.1. The number of rotatable bonds is 3. The summed E-state index contributed by atoms with van der Waals surface area (Å²) >= 11 is 3.29. The number of anilines is 1. The molecule has 1 aromatic rings. The molecule has 1 saturated carbocycles. The number of amides is 1. The number of nitrogens with one attached hydrogen (secondary N) is 1. The maximum absolute atomic E-state index is 12.0. The molecule has 1 fully saturated rings. The lowest BCUT2D eigenvalue weighted by Gasteiger charge is -2.12. The van der Waals surface area contributed by atoms with E-state index in [-0.39, 0.29) is 11.7 Å².